The van der Waals surface area contributed by atoms with E-state index in [1.807, 2.05) is 0 Å². The Morgan fingerprint density at radius 1 is 1.32 bits per heavy atom. The molecular formula is C18H19BFNO6S. The van der Waals surface area contributed by atoms with Gasteiger partial charge >= 0.3 is 13.1 Å². The van der Waals surface area contributed by atoms with Crippen molar-refractivity contribution in [2.24, 2.45) is 0 Å². The second kappa shape index (κ2) is 7.90. The van der Waals surface area contributed by atoms with Crippen LogP contribution in [-0.4, -0.2) is 33.1 Å². The lowest BCUT2D eigenvalue weighted by Crippen LogP contribution is -2.29. The summed E-state index contributed by atoms with van der Waals surface area (Å²) in [5.74, 6) is -1.94. The Kier molecular flexibility index (Phi) is 5.73. The first-order valence-corrected chi connectivity index (χ1v) is 10.2. The molecule has 0 atom stereocenters. The molecule has 1 aliphatic rings. The van der Waals surface area contributed by atoms with Crippen molar-refractivity contribution in [1.82, 2.24) is 0 Å². The monoisotopic (exact) mass is 407 g/mol. The van der Waals surface area contributed by atoms with E-state index in [-0.39, 0.29) is 35.7 Å². The van der Waals surface area contributed by atoms with Crippen molar-refractivity contribution in [3.05, 3.63) is 52.8 Å². The maximum absolute atomic E-state index is 14.4. The summed E-state index contributed by atoms with van der Waals surface area (Å²) in [6.45, 7) is 1.86. The van der Waals surface area contributed by atoms with Crippen LogP contribution < -0.4 is 11.2 Å². The zero-order chi connectivity index (χ0) is 20.5. The van der Waals surface area contributed by atoms with Gasteiger partial charge in [-0.3, -0.25) is 4.79 Å². The maximum Gasteiger partial charge on any atom is 0.491 e. The third kappa shape index (κ3) is 4.19. The molecule has 0 spiro atoms. The van der Waals surface area contributed by atoms with Gasteiger partial charge in [0, 0.05) is 11.3 Å². The maximum atomic E-state index is 14.4. The molecule has 0 saturated heterocycles. The number of ether oxygens (including phenoxy) is 1. The number of esters is 1. The Morgan fingerprint density at radius 2 is 2.07 bits per heavy atom. The fourth-order valence-corrected chi connectivity index (χ4v) is 4.69. The minimum atomic E-state index is -4.00. The number of fused-ring (bicyclic) bond motifs is 1. The van der Waals surface area contributed by atoms with E-state index in [4.69, 9.17) is 15.1 Å². The minimum absolute atomic E-state index is 0.0576. The Hall–Kier alpha value is -2.43. The van der Waals surface area contributed by atoms with E-state index >= 15 is 0 Å². The predicted octanol–water partition coefficient (Wildman–Crippen LogP) is 0.705. The van der Waals surface area contributed by atoms with Gasteiger partial charge in [-0.25, -0.2) is 12.8 Å². The normalized spacial score (nSPS) is 13.5. The zero-order valence-corrected chi connectivity index (χ0v) is 16.0. The molecule has 148 valence electrons. The molecule has 2 aromatic carbocycles. The van der Waals surface area contributed by atoms with Gasteiger partial charge in [-0.05, 0) is 47.8 Å². The Bertz CT molecular complexity index is 1030. The van der Waals surface area contributed by atoms with E-state index in [0.29, 0.717) is 16.7 Å². The van der Waals surface area contributed by atoms with Crippen LogP contribution in [0.3, 0.4) is 0 Å². The molecule has 0 amide bonds. The van der Waals surface area contributed by atoms with E-state index in [9.17, 15) is 22.6 Å². The average Bonchev–Trinajstić information content (AvgIpc) is 2.95. The first-order valence-electron chi connectivity index (χ1n) is 8.59. The highest BCUT2D eigenvalue weighted by Gasteiger charge is 2.30. The summed E-state index contributed by atoms with van der Waals surface area (Å²) in [5.41, 5.74) is 6.92. The first-order chi connectivity index (χ1) is 13.2. The summed E-state index contributed by atoms with van der Waals surface area (Å²) in [6.07, 6.45) is -0.271. The lowest BCUT2D eigenvalue weighted by molar-refractivity contribution is -0.142. The van der Waals surface area contributed by atoms with Crippen molar-refractivity contribution in [1.29, 1.82) is 0 Å². The van der Waals surface area contributed by atoms with Crippen LogP contribution in [0, 0.1) is 5.82 Å². The van der Waals surface area contributed by atoms with Crippen LogP contribution in [0.2, 0.25) is 0 Å². The Balaban J connectivity index is 1.96. The van der Waals surface area contributed by atoms with Gasteiger partial charge in [-0.15, -0.1) is 0 Å². The number of hydrogen-bond acceptors (Lipinski definition) is 7. The third-order valence-electron chi connectivity index (χ3n) is 4.38. The van der Waals surface area contributed by atoms with Gasteiger partial charge in [-0.2, -0.15) is 0 Å². The van der Waals surface area contributed by atoms with Gasteiger partial charge in [0.25, 0.3) is 0 Å². The van der Waals surface area contributed by atoms with Crippen LogP contribution >= 0.6 is 0 Å². The molecule has 28 heavy (non-hydrogen) atoms. The van der Waals surface area contributed by atoms with Crippen LogP contribution in [0.15, 0.2) is 35.2 Å². The highest BCUT2D eigenvalue weighted by Crippen LogP contribution is 2.25. The molecule has 3 N–H and O–H groups in total. The summed E-state index contributed by atoms with van der Waals surface area (Å²) in [5, 5.41) is 9.78. The van der Waals surface area contributed by atoms with E-state index in [2.05, 4.69) is 0 Å². The molecule has 0 aliphatic carbocycles. The second-order valence-corrected chi connectivity index (χ2v) is 8.37. The Labute approximate surface area is 162 Å². The number of nitrogen functional groups attached to an aromatic ring is 1. The second-order valence-electron chi connectivity index (χ2n) is 6.41. The van der Waals surface area contributed by atoms with Crippen LogP contribution in [0.4, 0.5) is 10.1 Å². The number of rotatable bonds is 6. The standard InChI is InChI=1S/C18H19BFNO6S/c1-2-26-18(22)8-11-5-14(21)3-4-17(11)28(24,25)10-13-6-15-12(7-16(13)20)9-27-19(15)23/h3-7,23H,2,8-10,21H2,1H3. The summed E-state index contributed by atoms with van der Waals surface area (Å²) in [4.78, 5) is 11.7. The van der Waals surface area contributed by atoms with Crippen molar-refractivity contribution in [3.8, 4) is 0 Å². The fourth-order valence-electron chi connectivity index (χ4n) is 3.09. The smallest absolute Gasteiger partial charge is 0.466 e. The summed E-state index contributed by atoms with van der Waals surface area (Å²) in [7, 11) is -5.22. The van der Waals surface area contributed by atoms with Gasteiger partial charge in [0.1, 0.15) is 5.82 Å². The molecule has 0 saturated carbocycles. The molecule has 1 heterocycles. The van der Waals surface area contributed by atoms with Crippen molar-refractivity contribution in [2.75, 3.05) is 12.3 Å². The molecule has 0 aromatic heterocycles. The summed E-state index contributed by atoms with van der Waals surface area (Å²) >= 11 is 0. The zero-order valence-electron chi connectivity index (χ0n) is 15.1. The minimum Gasteiger partial charge on any atom is -0.466 e. The number of anilines is 1. The van der Waals surface area contributed by atoms with Gasteiger partial charge in [0.15, 0.2) is 9.84 Å². The SMILES string of the molecule is CCOC(=O)Cc1cc(N)ccc1S(=O)(=O)Cc1cc2c(cc1F)COB2O. The number of benzene rings is 2. The molecule has 2 aromatic rings. The lowest BCUT2D eigenvalue weighted by atomic mass is 9.79. The average molecular weight is 407 g/mol. The van der Waals surface area contributed by atoms with Crippen molar-refractivity contribution >= 4 is 34.1 Å². The number of carbonyl (C=O) groups excluding carboxylic acids is 1. The van der Waals surface area contributed by atoms with Gasteiger partial charge < -0.3 is 20.1 Å². The highest BCUT2D eigenvalue weighted by atomic mass is 32.2. The van der Waals surface area contributed by atoms with Crippen molar-refractivity contribution < 1.29 is 32.0 Å². The molecular weight excluding hydrogens is 388 g/mol. The Morgan fingerprint density at radius 3 is 2.79 bits per heavy atom. The quantitative estimate of drug-likeness (QED) is 0.412. The number of sulfone groups is 1. The molecule has 0 fully saturated rings. The van der Waals surface area contributed by atoms with Gasteiger partial charge in [0.2, 0.25) is 0 Å². The van der Waals surface area contributed by atoms with Crippen LogP contribution in [0.25, 0.3) is 0 Å². The van der Waals surface area contributed by atoms with Crippen molar-refractivity contribution in [3.63, 3.8) is 0 Å². The molecule has 0 bridgehead atoms. The van der Waals surface area contributed by atoms with Gasteiger partial charge in [0.05, 0.1) is 30.3 Å². The largest absolute Gasteiger partial charge is 0.491 e. The molecule has 10 heteroatoms. The number of halogens is 1. The summed E-state index contributed by atoms with van der Waals surface area (Å²) < 4.78 is 50.2. The number of hydrogen-bond donors (Lipinski definition) is 2. The summed E-state index contributed by atoms with van der Waals surface area (Å²) in [6, 6.07) is 6.54. The van der Waals surface area contributed by atoms with Gasteiger partial charge in [-0.1, -0.05) is 6.07 Å². The topological polar surface area (TPSA) is 116 Å². The van der Waals surface area contributed by atoms with Crippen LogP contribution in [-0.2, 0) is 42.8 Å². The van der Waals surface area contributed by atoms with E-state index < -0.39 is 34.5 Å². The third-order valence-corrected chi connectivity index (χ3v) is 6.14. The molecule has 0 unspecified atom stereocenters. The number of carbonyl (C=O) groups is 1. The van der Waals surface area contributed by atoms with E-state index in [1.165, 1.54) is 30.3 Å². The highest BCUT2D eigenvalue weighted by molar-refractivity contribution is 7.90. The predicted molar refractivity (Wildman–Crippen MR) is 101 cm³/mol. The molecule has 3 rings (SSSR count). The van der Waals surface area contributed by atoms with E-state index in [0.717, 1.165) is 0 Å². The number of nitrogens with two attached hydrogens (primary N) is 1. The van der Waals surface area contributed by atoms with Crippen LogP contribution in [0.1, 0.15) is 23.6 Å². The first kappa shape index (κ1) is 20.3. The van der Waals surface area contributed by atoms with E-state index in [1.54, 1.807) is 6.92 Å². The molecule has 1 aliphatic heterocycles. The molecule has 7 nitrogen and oxygen atoms in total. The van der Waals surface area contributed by atoms with Crippen LogP contribution in [0.5, 0.6) is 0 Å². The lowest BCUT2D eigenvalue weighted by Gasteiger charge is -2.13. The molecule has 0 radical (unpaired) electrons. The van der Waals surface area contributed by atoms with Crippen molar-refractivity contribution in [2.45, 2.75) is 30.6 Å². The fraction of sp³-hybridized carbons (Fsp3) is 0.278.